The molecule has 0 bridgehead atoms. The minimum atomic E-state index is -0.592. The molecule has 3 N–H and O–H groups in total. The van der Waals surface area contributed by atoms with Crippen molar-refractivity contribution in [1.82, 2.24) is 0 Å². The monoisotopic (exact) mass is 346 g/mol. The van der Waals surface area contributed by atoms with Crippen LogP contribution in [0.1, 0.15) is 69.1 Å². The maximum absolute atomic E-state index is 10.6. The molecule has 0 amide bonds. The van der Waals surface area contributed by atoms with E-state index in [0.717, 1.165) is 36.8 Å². The van der Waals surface area contributed by atoms with E-state index < -0.39 is 11.7 Å². The van der Waals surface area contributed by atoms with Crippen LogP contribution in [0.4, 0.5) is 0 Å². The highest BCUT2D eigenvalue weighted by Gasteiger charge is 2.47. The fraction of sp³-hybridized carbons (Fsp3) is 0.619. The number of aliphatic hydroxyl groups excluding tert-OH is 2. The zero-order valence-corrected chi connectivity index (χ0v) is 15.5. The third kappa shape index (κ3) is 3.30. The minimum absolute atomic E-state index is 0.0591. The maximum atomic E-state index is 10.6. The zero-order valence-electron chi connectivity index (χ0n) is 15.5. The first-order valence-electron chi connectivity index (χ1n) is 9.42. The lowest BCUT2D eigenvalue weighted by Crippen LogP contribution is -2.41. The quantitative estimate of drug-likeness (QED) is 0.686. The average molecular weight is 346 g/mol. The van der Waals surface area contributed by atoms with Gasteiger partial charge in [0.25, 0.3) is 0 Å². The summed E-state index contributed by atoms with van der Waals surface area (Å²) >= 11 is 0. The van der Waals surface area contributed by atoms with Gasteiger partial charge in [0.2, 0.25) is 0 Å². The molecule has 138 valence electrons. The largest absolute Gasteiger partial charge is 0.508 e. The Bertz CT molecular complexity index is 662. The summed E-state index contributed by atoms with van der Waals surface area (Å²) < 4.78 is 6.20. The fourth-order valence-corrected chi connectivity index (χ4v) is 4.40. The summed E-state index contributed by atoms with van der Waals surface area (Å²) in [5.74, 6) is 1.08. The molecule has 1 aliphatic heterocycles. The van der Waals surface area contributed by atoms with Crippen molar-refractivity contribution in [1.29, 1.82) is 0 Å². The number of benzene rings is 1. The van der Waals surface area contributed by atoms with Gasteiger partial charge < -0.3 is 20.1 Å². The van der Waals surface area contributed by atoms with Crippen molar-refractivity contribution in [2.75, 3.05) is 0 Å². The van der Waals surface area contributed by atoms with E-state index in [-0.39, 0.29) is 24.2 Å². The summed E-state index contributed by atoms with van der Waals surface area (Å²) in [7, 11) is 0. The van der Waals surface area contributed by atoms with Gasteiger partial charge in [0.1, 0.15) is 23.2 Å². The molecule has 4 nitrogen and oxygen atoms in total. The van der Waals surface area contributed by atoms with Crippen LogP contribution in [0.3, 0.4) is 0 Å². The van der Waals surface area contributed by atoms with Gasteiger partial charge in [-0.25, -0.2) is 0 Å². The van der Waals surface area contributed by atoms with Gasteiger partial charge in [-0.1, -0.05) is 32.3 Å². The second-order valence-electron chi connectivity index (χ2n) is 7.92. The molecule has 0 radical (unpaired) electrons. The first-order valence-corrected chi connectivity index (χ1v) is 9.42. The highest BCUT2D eigenvalue weighted by Crippen LogP contribution is 2.52. The Morgan fingerprint density at radius 2 is 2.04 bits per heavy atom. The van der Waals surface area contributed by atoms with Crippen LogP contribution in [0.25, 0.3) is 0 Å². The number of aromatic hydroxyl groups is 1. The van der Waals surface area contributed by atoms with Crippen molar-refractivity contribution in [2.24, 2.45) is 5.92 Å². The Hall–Kier alpha value is -1.52. The van der Waals surface area contributed by atoms with Crippen LogP contribution < -0.4 is 0 Å². The number of rotatable bonds is 6. The number of fused-ring (bicyclic) bond motifs is 3. The number of allylic oxidation sites excluding steroid dienone is 1. The second kappa shape index (κ2) is 7.00. The molecule has 1 aliphatic carbocycles. The van der Waals surface area contributed by atoms with Gasteiger partial charge in [-0.2, -0.15) is 0 Å². The molecule has 0 aromatic heterocycles. The summed E-state index contributed by atoms with van der Waals surface area (Å²) in [6.07, 6.45) is 6.19. The van der Waals surface area contributed by atoms with Crippen LogP contribution in [0.5, 0.6) is 5.75 Å². The lowest BCUT2D eigenvalue weighted by molar-refractivity contribution is -0.0604. The molecule has 0 saturated heterocycles. The molecule has 25 heavy (non-hydrogen) atoms. The average Bonchev–Trinajstić information content (AvgIpc) is 2.94. The molecule has 2 aliphatic rings. The molecule has 4 heteroatoms. The Balaban J connectivity index is 1.96. The van der Waals surface area contributed by atoms with E-state index in [9.17, 15) is 15.3 Å². The standard InChI is InChI=1S/C21H30O4/c1-4-5-6-7-18(24)19-11-14-16(21(2,3)25-19)10-13-8-9-17(23)15(12-22)20(13)14/h8-9,11,14,16,18,22-24H,4-7,10,12H2,1-3H3. The van der Waals surface area contributed by atoms with Crippen LogP contribution >= 0.6 is 0 Å². The normalized spacial score (nSPS) is 24.9. The molecule has 0 spiro atoms. The molecule has 3 unspecified atom stereocenters. The number of phenols is 1. The van der Waals surface area contributed by atoms with E-state index >= 15 is 0 Å². The molecule has 1 aromatic carbocycles. The summed E-state index contributed by atoms with van der Waals surface area (Å²) in [6.45, 7) is 6.11. The summed E-state index contributed by atoms with van der Waals surface area (Å²) in [5.41, 5.74) is 2.38. The van der Waals surface area contributed by atoms with Crippen molar-refractivity contribution in [2.45, 2.75) is 77.1 Å². The fourth-order valence-electron chi connectivity index (χ4n) is 4.40. The van der Waals surface area contributed by atoms with Crippen LogP contribution in [-0.2, 0) is 17.8 Å². The molecule has 1 aromatic rings. The van der Waals surface area contributed by atoms with E-state index in [2.05, 4.69) is 20.8 Å². The summed E-state index contributed by atoms with van der Waals surface area (Å²) in [6, 6.07) is 3.61. The number of aliphatic hydroxyl groups is 2. The molecule has 1 heterocycles. The van der Waals surface area contributed by atoms with E-state index in [1.807, 2.05) is 12.1 Å². The molecular weight excluding hydrogens is 316 g/mol. The van der Waals surface area contributed by atoms with Crippen LogP contribution in [0.15, 0.2) is 24.0 Å². The number of ether oxygens (including phenoxy) is 1. The lowest BCUT2D eigenvalue weighted by atomic mass is 9.77. The molecule has 3 atom stereocenters. The van der Waals surface area contributed by atoms with Gasteiger partial charge in [-0.3, -0.25) is 0 Å². The predicted octanol–water partition coefficient (Wildman–Crippen LogP) is 3.77. The Morgan fingerprint density at radius 3 is 2.72 bits per heavy atom. The lowest BCUT2D eigenvalue weighted by Gasteiger charge is -2.41. The number of hydrogen-bond donors (Lipinski definition) is 3. The van der Waals surface area contributed by atoms with E-state index in [0.29, 0.717) is 17.7 Å². The topological polar surface area (TPSA) is 69.9 Å². The van der Waals surface area contributed by atoms with E-state index in [1.165, 1.54) is 0 Å². The highest BCUT2D eigenvalue weighted by atomic mass is 16.5. The van der Waals surface area contributed by atoms with Crippen LogP contribution in [0, 0.1) is 5.92 Å². The van der Waals surface area contributed by atoms with E-state index in [1.54, 1.807) is 6.07 Å². The minimum Gasteiger partial charge on any atom is -0.508 e. The highest BCUT2D eigenvalue weighted by molar-refractivity contribution is 5.52. The van der Waals surface area contributed by atoms with Crippen molar-refractivity contribution < 1.29 is 20.1 Å². The molecule has 0 fully saturated rings. The smallest absolute Gasteiger partial charge is 0.122 e. The van der Waals surface area contributed by atoms with E-state index in [4.69, 9.17) is 4.74 Å². The predicted molar refractivity (Wildman–Crippen MR) is 97.4 cm³/mol. The van der Waals surface area contributed by atoms with Gasteiger partial charge in [0.15, 0.2) is 0 Å². The third-order valence-corrected chi connectivity index (χ3v) is 5.81. The second-order valence-corrected chi connectivity index (χ2v) is 7.92. The van der Waals surface area contributed by atoms with Crippen molar-refractivity contribution >= 4 is 0 Å². The van der Waals surface area contributed by atoms with Crippen molar-refractivity contribution in [3.63, 3.8) is 0 Å². The number of hydrogen-bond acceptors (Lipinski definition) is 4. The Labute approximate surface area is 150 Å². The van der Waals surface area contributed by atoms with Gasteiger partial charge in [0.05, 0.1) is 6.61 Å². The van der Waals surface area contributed by atoms with Crippen molar-refractivity contribution in [3.05, 3.63) is 40.7 Å². The van der Waals surface area contributed by atoms with Crippen LogP contribution in [-0.4, -0.2) is 27.0 Å². The summed E-state index contributed by atoms with van der Waals surface area (Å²) in [4.78, 5) is 0. The first-order chi connectivity index (χ1) is 11.9. The van der Waals surface area contributed by atoms with Gasteiger partial charge >= 0.3 is 0 Å². The Kier molecular flexibility index (Phi) is 5.12. The Morgan fingerprint density at radius 1 is 1.28 bits per heavy atom. The zero-order chi connectivity index (χ0) is 18.2. The van der Waals surface area contributed by atoms with Gasteiger partial charge in [-0.05, 0) is 50.0 Å². The molecular formula is C21H30O4. The molecule has 3 rings (SSSR count). The summed E-state index contributed by atoms with van der Waals surface area (Å²) in [5, 5.41) is 30.5. The maximum Gasteiger partial charge on any atom is 0.122 e. The van der Waals surface area contributed by atoms with Crippen molar-refractivity contribution in [3.8, 4) is 5.75 Å². The van der Waals surface area contributed by atoms with Gasteiger partial charge in [0, 0.05) is 17.4 Å². The number of unbranched alkanes of at least 4 members (excludes halogenated alkanes) is 2. The third-order valence-electron chi connectivity index (χ3n) is 5.81. The molecule has 0 saturated carbocycles. The first kappa shape index (κ1) is 18.3. The van der Waals surface area contributed by atoms with Gasteiger partial charge in [-0.15, -0.1) is 0 Å². The SMILES string of the molecule is CCCCCC(O)C1=CC2c3c(ccc(O)c3CO)CC2C(C)(C)O1. The van der Waals surface area contributed by atoms with Crippen LogP contribution in [0.2, 0.25) is 0 Å².